The Balaban J connectivity index is 1.72. The van der Waals surface area contributed by atoms with Gasteiger partial charge in [-0.2, -0.15) is 0 Å². The summed E-state index contributed by atoms with van der Waals surface area (Å²) in [4.78, 5) is 0. The van der Waals surface area contributed by atoms with E-state index < -0.39 is 30.4 Å². The molecule has 1 saturated heterocycles. The molecule has 4 rings (SSSR count). The standard InChI is InChI=1S/C26H33FO7/c1-13-6-16-8-17(10-28)19(11-33-26-25(31)24(30)21(29)12-34-26)23(18(16)7-14(13)2)15-4-5-20(27)22(9-15)32-3/h4-7,9,17,19,21,23-26,28-31H,8,10-12H2,1-3H3/t17-,19-,21-,23?,24+,25-,26-/m1/s1. The summed E-state index contributed by atoms with van der Waals surface area (Å²) in [5.74, 6) is -0.940. The highest BCUT2D eigenvalue weighted by Gasteiger charge is 2.42. The lowest BCUT2D eigenvalue weighted by Crippen LogP contribution is -2.54. The maximum absolute atomic E-state index is 14.2. The summed E-state index contributed by atoms with van der Waals surface area (Å²) >= 11 is 0. The minimum atomic E-state index is -1.40. The molecule has 7 atom stereocenters. The van der Waals surface area contributed by atoms with E-state index in [-0.39, 0.29) is 43.3 Å². The van der Waals surface area contributed by atoms with Crippen molar-refractivity contribution < 1.29 is 39.0 Å². The fourth-order valence-electron chi connectivity index (χ4n) is 5.16. The van der Waals surface area contributed by atoms with Crippen LogP contribution in [0.5, 0.6) is 5.75 Å². The minimum absolute atomic E-state index is 0.0787. The maximum atomic E-state index is 14.2. The van der Waals surface area contributed by atoms with E-state index in [2.05, 4.69) is 19.1 Å². The van der Waals surface area contributed by atoms with Gasteiger partial charge >= 0.3 is 0 Å². The van der Waals surface area contributed by atoms with Crippen LogP contribution in [0.1, 0.15) is 33.7 Å². The highest BCUT2D eigenvalue weighted by molar-refractivity contribution is 5.47. The van der Waals surface area contributed by atoms with E-state index >= 15 is 0 Å². The highest BCUT2D eigenvalue weighted by Crippen LogP contribution is 2.45. The molecule has 186 valence electrons. The van der Waals surface area contributed by atoms with Gasteiger partial charge in [-0.15, -0.1) is 0 Å². The van der Waals surface area contributed by atoms with Crippen molar-refractivity contribution in [3.05, 3.63) is 64.0 Å². The Morgan fingerprint density at radius 2 is 1.79 bits per heavy atom. The predicted octanol–water partition coefficient (Wildman–Crippen LogP) is 1.82. The molecule has 2 aromatic rings. The number of halogens is 1. The first kappa shape index (κ1) is 25.0. The van der Waals surface area contributed by atoms with Gasteiger partial charge in [0.05, 0.1) is 20.3 Å². The van der Waals surface area contributed by atoms with Gasteiger partial charge in [0, 0.05) is 12.5 Å². The summed E-state index contributed by atoms with van der Waals surface area (Å²) in [5, 5.41) is 40.3. The Hall–Kier alpha value is -2.07. The molecule has 0 amide bonds. The molecule has 0 bridgehead atoms. The predicted molar refractivity (Wildman–Crippen MR) is 122 cm³/mol. The Labute approximate surface area is 198 Å². The van der Waals surface area contributed by atoms with Crippen LogP contribution < -0.4 is 4.74 Å². The van der Waals surface area contributed by atoms with Crippen molar-refractivity contribution in [2.75, 3.05) is 26.9 Å². The zero-order valence-corrected chi connectivity index (χ0v) is 19.6. The van der Waals surface area contributed by atoms with Crippen LogP contribution in [0.4, 0.5) is 4.39 Å². The molecular formula is C26H33FO7. The average Bonchev–Trinajstić information content (AvgIpc) is 2.83. The molecule has 1 aliphatic carbocycles. The first-order valence-corrected chi connectivity index (χ1v) is 11.6. The van der Waals surface area contributed by atoms with Crippen molar-refractivity contribution in [3.8, 4) is 5.75 Å². The summed E-state index contributed by atoms with van der Waals surface area (Å²) in [6.07, 6.45) is -4.43. The van der Waals surface area contributed by atoms with Gasteiger partial charge in [-0.05, 0) is 72.1 Å². The van der Waals surface area contributed by atoms with Gasteiger partial charge in [-0.1, -0.05) is 18.2 Å². The van der Waals surface area contributed by atoms with Crippen LogP contribution in [0.2, 0.25) is 0 Å². The maximum Gasteiger partial charge on any atom is 0.186 e. The minimum Gasteiger partial charge on any atom is -0.494 e. The number of ether oxygens (including phenoxy) is 3. The van der Waals surface area contributed by atoms with E-state index in [4.69, 9.17) is 14.2 Å². The summed E-state index contributed by atoms with van der Waals surface area (Å²) < 4.78 is 30.8. The van der Waals surface area contributed by atoms with Crippen molar-refractivity contribution >= 4 is 0 Å². The molecule has 0 radical (unpaired) electrons. The lowest BCUT2D eigenvalue weighted by Gasteiger charge is -2.41. The van der Waals surface area contributed by atoms with E-state index in [1.807, 2.05) is 6.92 Å². The third-order valence-electron chi connectivity index (χ3n) is 7.28. The molecule has 4 N–H and O–H groups in total. The highest BCUT2D eigenvalue weighted by atomic mass is 19.1. The Morgan fingerprint density at radius 1 is 1.06 bits per heavy atom. The lowest BCUT2D eigenvalue weighted by molar-refractivity contribution is -0.274. The number of benzene rings is 2. The molecular weight excluding hydrogens is 443 g/mol. The van der Waals surface area contributed by atoms with E-state index in [0.717, 1.165) is 27.8 Å². The van der Waals surface area contributed by atoms with Gasteiger partial charge in [0.25, 0.3) is 0 Å². The molecule has 0 aromatic heterocycles. The Morgan fingerprint density at radius 3 is 2.50 bits per heavy atom. The molecule has 0 spiro atoms. The first-order chi connectivity index (χ1) is 16.2. The van der Waals surface area contributed by atoms with Crippen molar-refractivity contribution in [1.82, 2.24) is 0 Å². The van der Waals surface area contributed by atoms with Gasteiger partial charge in [0.2, 0.25) is 0 Å². The quantitative estimate of drug-likeness (QED) is 0.504. The van der Waals surface area contributed by atoms with Crippen molar-refractivity contribution in [2.24, 2.45) is 11.8 Å². The SMILES string of the molecule is COc1cc(C2c3cc(C)c(C)cc3C[C@H](CO)[C@H]2CO[C@@H]2OC[C@@H](O)[C@H](O)[C@H]2O)ccc1F. The average molecular weight is 477 g/mol. The third-order valence-corrected chi connectivity index (χ3v) is 7.28. The van der Waals surface area contributed by atoms with Crippen LogP contribution in [0.25, 0.3) is 0 Å². The van der Waals surface area contributed by atoms with Crippen LogP contribution >= 0.6 is 0 Å². The number of aliphatic hydroxyl groups excluding tert-OH is 4. The zero-order valence-electron chi connectivity index (χ0n) is 19.6. The molecule has 2 aliphatic rings. The number of hydrogen-bond donors (Lipinski definition) is 4. The first-order valence-electron chi connectivity index (χ1n) is 11.6. The van der Waals surface area contributed by atoms with Gasteiger partial charge in [0.15, 0.2) is 17.9 Å². The largest absolute Gasteiger partial charge is 0.494 e. The fourth-order valence-corrected chi connectivity index (χ4v) is 5.16. The number of hydrogen-bond acceptors (Lipinski definition) is 7. The number of aliphatic hydroxyl groups is 4. The molecule has 1 fully saturated rings. The second-order valence-corrected chi connectivity index (χ2v) is 9.40. The zero-order chi connectivity index (χ0) is 24.6. The molecule has 1 unspecified atom stereocenters. The second kappa shape index (κ2) is 10.3. The Bertz CT molecular complexity index is 1010. The summed E-state index contributed by atoms with van der Waals surface area (Å²) in [6.45, 7) is 3.98. The van der Waals surface area contributed by atoms with Gasteiger partial charge in [-0.25, -0.2) is 4.39 Å². The van der Waals surface area contributed by atoms with Crippen molar-refractivity contribution in [2.45, 2.75) is 50.8 Å². The second-order valence-electron chi connectivity index (χ2n) is 9.40. The van der Waals surface area contributed by atoms with Crippen LogP contribution in [-0.2, 0) is 15.9 Å². The van der Waals surface area contributed by atoms with Gasteiger partial charge in [0.1, 0.15) is 18.3 Å². The fraction of sp³-hybridized carbons (Fsp3) is 0.538. The molecule has 34 heavy (non-hydrogen) atoms. The van der Waals surface area contributed by atoms with Crippen LogP contribution in [-0.4, -0.2) is 72.0 Å². The summed E-state index contributed by atoms with van der Waals surface area (Å²) in [7, 11) is 1.42. The molecule has 1 aliphatic heterocycles. The third kappa shape index (κ3) is 4.71. The number of aryl methyl sites for hydroxylation is 2. The molecule has 1 heterocycles. The number of rotatable bonds is 6. The lowest BCUT2D eigenvalue weighted by atomic mass is 9.66. The van der Waals surface area contributed by atoms with Gasteiger partial charge < -0.3 is 34.6 Å². The molecule has 0 saturated carbocycles. The summed E-state index contributed by atoms with van der Waals surface area (Å²) in [5.41, 5.74) is 5.32. The summed E-state index contributed by atoms with van der Waals surface area (Å²) in [6, 6.07) is 9.06. The van der Waals surface area contributed by atoms with Crippen LogP contribution in [0.15, 0.2) is 30.3 Å². The molecule has 2 aromatic carbocycles. The van der Waals surface area contributed by atoms with E-state index in [0.29, 0.717) is 6.42 Å². The van der Waals surface area contributed by atoms with Crippen molar-refractivity contribution in [3.63, 3.8) is 0 Å². The van der Waals surface area contributed by atoms with Crippen molar-refractivity contribution in [1.29, 1.82) is 0 Å². The van der Waals surface area contributed by atoms with Gasteiger partial charge in [-0.3, -0.25) is 0 Å². The number of fused-ring (bicyclic) bond motifs is 1. The normalized spacial score (nSPS) is 31.2. The van der Waals surface area contributed by atoms with Crippen LogP contribution in [0, 0.1) is 31.5 Å². The van der Waals surface area contributed by atoms with E-state index in [1.165, 1.54) is 13.2 Å². The monoisotopic (exact) mass is 476 g/mol. The molecule has 8 heteroatoms. The number of methoxy groups -OCH3 is 1. The molecule has 7 nitrogen and oxygen atoms in total. The Kier molecular flexibility index (Phi) is 7.57. The smallest absolute Gasteiger partial charge is 0.186 e. The van der Waals surface area contributed by atoms with E-state index in [1.54, 1.807) is 12.1 Å². The van der Waals surface area contributed by atoms with E-state index in [9.17, 15) is 24.8 Å². The topological polar surface area (TPSA) is 109 Å². The van der Waals surface area contributed by atoms with Crippen LogP contribution in [0.3, 0.4) is 0 Å².